The number of nitrogens with one attached hydrogen (secondary N) is 1. The maximum Gasteiger partial charge on any atom is 0.239 e. The molecule has 1 saturated heterocycles. The summed E-state index contributed by atoms with van der Waals surface area (Å²) in [7, 11) is 5.07. The maximum absolute atomic E-state index is 12.6. The first-order chi connectivity index (χ1) is 11.1. The van der Waals surface area contributed by atoms with E-state index in [2.05, 4.69) is 10.2 Å². The number of hydrogen-bond donors (Lipinski definition) is 1. The smallest absolute Gasteiger partial charge is 0.239 e. The maximum atomic E-state index is 12.6. The minimum atomic E-state index is -0.0951. The summed E-state index contributed by atoms with van der Waals surface area (Å²) in [6.07, 6.45) is 0. The molecule has 1 atom stereocenters. The minimum absolute atomic E-state index is 0.0951. The zero-order valence-electron chi connectivity index (χ0n) is 14.5. The van der Waals surface area contributed by atoms with Gasteiger partial charge < -0.3 is 19.7 Å². The summed E-state index contributed by atoms with van der Waals surface area (Å²) >= 11 is 0. The summed E-state index contributed by atoms with van der Waals surface area (Å²) in [5.41, 5.74) is 1.02. The molecule has 2 rings (SSSR count). The Morgan fingerprint density at radius 1 is 1.26 bits per heavy atom. The number of amides is 1. The van der Waals surface area contributed by atoms with Gasteiger partial charge in [0.1, 0.15) is 0 Å². The molecule has 1 fully saturated rings. The fraction of sp³-hybridized carbons (Fsp3) is 0.588. The van der Waals surface area contributed by atoms with Crippen LogP contribution in [-0.4, -0.2) is 69.2 Å². The van der Waals surface area contributed by atoms with Crippen LogP contribution in [0.4, 0.5) is 0 Å². The lowest BCUT2D eigenvalue weighted by Gasteiger charge is -2.34. The number of likely N-dealkylation sites (N-methyl/N-ethyl adjacent to an activating group) is 1. The molecule has 0 bridgehead atoms. The van der Waals surface area contributed by atoms with Gasteiger partial charge in [0.05, 0.1) is 20.3 Å². The molecule has 1 aromatic carbocycles. The summed E-state index contributed by atoms with van der Waals surface area (Å²) in [5.74, 6) is 1.52. The Hall–Kier alpha value is -1.79. The third kappa shape index (κ3) is 4.36. The monoisotopic (exact) mass is 321 g/mol. The van der Waals surface area contributed by atoms with E-state index in [0.717, 1.165) is 31.7 Å². The van der Waals surface area contributed by atoms with E-state index in [1.165, 1.54) is 0 Å². The second-order valence-corrected chi connectivity index (χ2v) is 5.85. The zero-order valence-corrected chi connectivity index (χ0v) is 14.5. The van der Waals surface area contributed by atoms with Crippen molar-refractivity contribution in [2.75, 3.05) is 47.4 Å². The number of carbonyl (C=O) groups is 1. The van der Waals surface area contributed by atoms with Crippen LogP contribution in [0.5, 0.6) is 11.5 Å². The summed E-state index contributed by atoms with van der Waals surface area (Å²) in [5, 5.41) is 3.31. The molecule has 1 aliphatic rings. The predicted octanol–water partition coefficient (Wildman–Crippen LogP) is 0.956. The molecule has 1 unspecified atom stereocenters. The Kier molecular flexibility index (Phi) is 6.24. The lowest BCUT2D eigenvalue weighted by molar-refractivity contribution is -0.135. The Balaban J connectivity index is 2.00. The Morgan fingerprint density at radius 3 is 2.52 bits per heavy atom. The van der Waals surface area contributed by atoms with E-state index < -0.39 is 0 Å². The van der Waals surface area contributed by atoms with E-state index in [1.807, 2.05) is 32.2 Å². The molecule has 1 aliphatic heterocycles. The van der Waals surface area contributed by atoms with Gasteiger partial charge in [0.2, 0.25) is 5.91 Å². The van der Waals surface area contributed by atoms with Crippen molar-refractivity contribution in [2.45, 2.75) is 19.5 Å². The second-order valence-electron chi connectivity index (χ2n) is 5.85. The van der Waals surface area contributed by atoms with Crippen LogP contribution in [0.25, 0.3) is 0 Å². The highest BCUT2D eigenvalue weighted by Crippen LogP contribution is 2.28. The largest absolute Gasteiger partial charge is 0.493 e. The molecule has 0 radical (unpaired) electrons. The normalized spacial score (nSPS) is 16.7. The van der Waals surface area contributed by atoms with Gasteiger partial charge in [-0.1, -0.05) is 6.07 Å². The summed E-state index contributed by atoms with van der Waals surface area (Å²) < 4.78 is 10.6. The third-order valence-corrected chi connectivity index (χ3v) is 4.30. The van der Waals surface area contributed by atoms with E-state index in [0.29, 0.717) is 18.0 Å². The Morgan fingerprint density at radius 2 is 1.91 bits per heavy atom. The minimum Gasteiger partial charge on any atom is -0.493 e. The molecule has 0 saturated carbocycles. The highest BCUT2D eigenvalue weighted by molar-refractivity contribution is 5.81. The average Bonchev–Trinajstić information content (AvgIpc) is 2.60. The molecule has 6 nitrogen and oxygen atoms in total. The van der Waals surface area contributed by atoms with E-state index in [4.69, 9.17) is 9.47 Å². The van der Waals surface area contributed by atoms with Crippen molar-refractivity contribution in [1.29, 1.82) is 0 Å². The number of benzene rings is 1. The Bertz CT molecular complexity index is 530. The van der Waals surface area contributed by atoms with E-state index in [-0.39, 0.29) is 11.9 Å². The van der Waals surface area contributed by atoms with Gasteiger partial charge in [0, 0.05) is 39.8 Å². The quantitative estimate of drug-likeness (QED) is 0.846. The van der Waals surface area contributed by atoms with Crippen molar-refractivity contribution in [3.63, 3.8) is 0 Å². The fourth-order valence-corrected chi connectivity index (χ4v) is 2.88. The van der Waals surface area contributed by atoms with Crippen LogP contribution in [0.3, 0.4) is 0 Å². The van der Waals surface area contributed by atoms with E-state index >= 15 is 0 Å². The van der Waals surface area contributed by atoms with Crippen molar-refractivity contribution < 1.29 is 14.3 Å². The van der Waals surface area contributed by atoms with Crippen molar-refractivity contribution in [3.05, 3.63) is 23.8 Å². The predicted molar refractivity (Wildman–Crippen MR) is 89.9 cm³/mol. The van der Waals surface area contributed by atoms with Gasteiger partial charge in [-0.05, 0) is 24.6 Å². The highest BCUT2D eigenvalue weighted by Gasteiger charge is 2.25. The van der Waals surface area contributed by atoms with Crippen LogP contribution in [0.15, 0.2) is 18.2 Å². The number of piperazine rings is 1. The first-order valence-corrected chi connectivity index (χ1v) is 7.97. The standard InChI is InChI=1S/C17H27N3O3/c1-13(20-9-7-18-8-10-20)17(21)19(2)12-14-5-6-15(22-3)16(11-14)23-4/h5-6,11,13,18H,7-10,12H2,1-4H3. The zero-order chi connectivity index (χ0) is 16.8. The molecule has 23 heavy (non-hydrogen) atoms. The molecule has 1 N–H and O–H groups in total. The average molecular weight is 321 g/mol. The number of hydrogen-bond acceptors (Lipinski definition) is 5. The molecule has 1 aromatic rings. The number of ether oxygens (including phenoxy) is 2. The SMILES string of the molecule is COc1ccc(CN(C)C(=O)C(C)N2CCNCC2)cc1OC. The van der Waals surface area contributed by atoms with Gasteiger partial charge in [-0.15, -0.1) is 0 Å². The van der Waals surface area contributed by atoms with Gasteiger partial charge >= 0.3 is 0 Å². The summed E-state index contributed by atoms with van der Waals surface area (Å²) in [6.45, 7) is 6.25. The van der Waals surface area contributed by atoms with Crippen molar-refractivity contribution in [3.8, 4) is 11.5 Å². The van der Waals surface area contributed by atoms with Crippen LogP contribution in [0.2, 0.25) is 0 Å². The lowest BCUT2D eigenvalue weighted by atomic mass is 10.1. The molecule has 6 heteroatoms. The van der Waals surface area contributed by atoms with E-state index in [9.17, 15) is 4.79 Å². The van der Waals surface area contributed by atoms with Crippen LogP contribution in [0.1, 0.15) is 12.5 Å². The lowest BCUT2D eigenvalue weighted by Crippen LogP contribution is -2.52. The number of nitrogens with zero attached hydrogens (tertiary/aromatic N) is 2. The molecular formula is C17H27N3O3. The van der Waals surface area contributed by atoms with Crippen LogP contribution >= 0.6 is 0 Å². The van der Waals surface area contributed by atoms with Gasteiger partial charge in [-0.3, -0.25) is 9.69 Å². The number of carbonyl (C=O) groups excluding carboxylic acids is 1. The molecule has 0 spiro atoms. The summed E-state index contributed by atoms with van der Waals surface area (Å²) in [4.78, 5) is 16.6. The second kappa shape index (κ2) is 8.17. The molecule has 1 heterocycles. The van der Waals surface area contributed by atoms with Crippen molar-refractivity contribution in [2.24, 2.45) is 0 Å². The molecular weight excluding hydrogens is 294 g/mol. The van der Waals surface area contributed by atoms with Crippen LogP contribution in [-0.2, 0) is 11.3 Å². The first-order valence-electron chi connectivity index (χ1n) is 7.97. The third-order valence-electron chi connectivity index (χ3n) is 4.30. The van der Waals surface area contributed by atoms with Crippen LogP contribution < -0.4 is 14.8 Å². The first kappa shape index (κ1) is 17.6. The highest BCUT2D eigenvalue weighted by atomic mass is 16.5. The molecule has 128 valence electrons. The number of methoxy groups -OCH3 is 2. The van der Waals surface area contributed by atoms with Gasteiger partial charge in [-0.2, -0.15) is 0 Å². The molecule has 0 aliphatic carbocycles. The molecule has 0 aromatic heterocycles. The van der Waals surface area contributed by atoms with Crippen molar-refractivity contribution >= 4 is 5.91 Å². The number of rotatable bonds is 6. The topological polar surface area (TPSA) is 54.0 Å². The van der Waals surface area contributed by atoms with Crippen molar-refractivity contribution in [1.82, 2.24) is 15.1 Å². The van der Waals surface area contributed by atoms with Gasteiger partial charge in [0.15, 0.2) is 11.5 Å². The Labute approximate surface area is 138 Å². The fourth-order valence-electron chi connectivity index (χ4n) is 2.88. The van der Waals surface area contributed by atoms with Gasteiger partial charge in [0.25, 0.3) is 0 Å². The van der Waals surface area contributed by atoms with E-state index in [1.54, 1.807) is 19.1 Å². The molecule has 1 amide bonds. The summed E-state index contributed by atoms with van der Waals surface area (Å²) in [6, 6.07) is 5.65. The van der Waals surface area contributed by atoms with Crippen LogP contribution in [0, 0.1) is 0 Å². The van der Waals surface area contributed by atoms with Gasteiger partial charge in [-0.25, -0.2) is 0 Å².